The number of carbonyl (C=O) groups is 3. The number of carboxylic acids is 1. The van der Waals surface area contributed by atoms with E-state index in [2.05, 4.69) is 10.6 Å². The summed E-state index contributed by atoms with van der Waals surface area (Å²) in [6.07, 6.45) is -0.514. The summed E-state index contributed by atoms with van der Waals surface area (Å²) >= 11 is 0. The molecule has 0 radical (unpaired) electrons. The number of aliphatic hydroxyl groups excluding tert-OH is 1. The van der Waals surface area contributed by atoms with Crippen molar-refractivity contribution in [3.63, 3.8) is 0 Å². The molecule has 0 aliphatic carbocycles. The molecule has 9 heteroatoms. The van der Waals surface area contributed by atoms with Gasteiger partial charge in [-0.05, 0) is 39.7 Å². The molecule has 0 aliphatic heterocycles. The average molecular weight is 409 g/mol. The van der Waals surface area contributed by atoms with Crippen LogP contribution in [0, 0.1) is 0 Å². The molecule has 0 heterocycles. The molecule has 1 aromatic rings. The van der Waals surface area contributed by atoms with Gasteiger partial charge in [-0.25, -0.2) is 4.79 Å². The average Bonchev–Trinajstić information content (AvgIpc) is 2.62. The van der Waals surface area contributed by atoms with E-state index in [4.69, 9.17) is 20.7 Å². The molecule has 4 atom stereocenters. The van der Waals surface area contributed by atoms with Crippen LogP contribution in [-0.2, 0) is 25.5 Å². The smallest absolute Gasteiger partial charge is 0.328 e. The van der Waals surface area contributed by atoms with Gasteiger partial charge in [-0.3, -0.25) is 9.59 Å². The molecule has 0 saturated carbocycles. The van der Waals surface area contributed by atoms with Crippen molar-refractivity contribution in [1.29, 1.82) is 0 Å². The Labute approximate surface area is 170 Å². The fourth-order valence-electron chi connectivity index (χ4n) is 2.69. The van der Waals surface area contributed by atoms with Crippen molar-refractivity contribution in [3.05, 3.63) is 35.9 Å². The molecule has 6 N–H and O–H groups in total. The lowest BCUT2D eigenvalue weighted by molar-refractivity contribution is -0.145. The highest BCUT2D eigenvalue weighted by atomic mass is 16.5. The van der Waals surface area contributed by atoms with Crippen LogP contribution in [0.25, 0.3) is 0 Å². The molecule has 1 aromatic carbocycles. The molecular formula is C20H31N3O6. The van der Waals surface area contributed by atoms with Crippen molar-refractivity contribution < 1.29 is 29.3 Å². The highest BCUT2D eigenvalue weighted by Crippen LogP contribution is 2.14. The van der Waals surface area contributed by atoms with Crippen LogP contribution in [0.5, 0.6) is 0 Å². The summed E-state index contributed by atoms with van der Waals surface area (Å²) < 4.78 is 5.77. The SMILES string of the molecule is C[C@@H](OC(C)(C)C)[C@H](NC(=O)[C@@H](N)Cc1ccccc1)C(=O)N[C@@H](CO)C(=O)O. The van der Waals surface area contributed by atoms with Gasteiger partial charge in [-0.1, -0.05) is 30.3 Å². The Kier molecular flexibility index (Phi) is 9.22. The van der Waals surface area contributed by atoms with Crippen LogP contribution in [0.1, 0.15) is 33.3 Å². The normalized spacial score (nSPS) is 15.7. The van der Waals surface area contributed by atoms with E-state index in [-0.39, 0.29) is 6.42 Å². The molecule has 162 valence electrons. The van der Waals surface area contributed by atoms with Gasteiger partial charge >= 0.3 is 5.97 Å². The number of carbonyl (C=O) groups excluding carboxylic acids is 2. The van der Waals surface area contributed by atoms with Crippen molar-refractivity contribution in [3.8, 4) is 0 Å². The fraction of sp³-hybridized carbons (Fsp3) is 0.550. The summed E-state index contributed by atoms with van der Waals surface area (Å²) in [5, 5.41) is 23.0. The van der Waals surface area contributed by atoms with Gasteiger partial charge in [0.1, 0.15) is 12.1 Å². The molecular weight excluding hydrogens is 378 g/mol. The predicted molar refractivity (Wildman–Crippen MR) is 107 cm³/mol. The van der Waals surface area contributed by atoms with E-state index in [0.29, 0.717) is 0 Å². The molecule has 1 rings (SSSR count). The molecule has 0 aromatic heterocycles. The van der Waals surface area contributed by atoms with Gasteiger partial charge in [0, 0.05) is 0 Å². The zero-order chi connectivity index (χ0) is 22.2. The first-order chi connectivity index (χ1) is 13.4. The van der Waals surface area contributed by atoms with E-state index in [1.54, 1.807) is 27.7 Å². The third kappa shape index (κ3) is 8.59. The number of ether oxygens (including phenoxy) is 1. The number of hydrogen-bond acceptors (Lipinski definition) is 6. The maximum Gasteiger partial charge on any atom is 0.328 e. The zero-order valence-electron chi connectivity index (χ0n) is 17.2. The van der Waals surface area contributed by atoms with Crippen molar-refractivity contribution in [2.24, 2.45) is 5.73 Å². The third-order valence-electron chi connectivity index (χ3n) is 4.02. The first-order valence-corrected chi connectivity index (χ1v) is 9.36. The molecule has 0 saturated heterocycles. The number of nitrogens with one attached hydrogen (secondary N) is 2. The second kappa shape index (κ2) is 10.9. The summed E-state index contributed by atoms with van der Waals surface area (Å²) in [7, 11) is 0. The van der Waals surface area contributed by atoms with Gasteiger partial charge in [0.15, 0.2) is 0 Å². The van der Waals surface area contributed by atoms with Crippen LogP contribution >= 0.6 is 0 Å². The standard InChI is InChI=1S/C20H31N3O6/c1-12(29-20(2,3)4)16(18(26)22-15(11-24)19(27)28)23-17(25)14(21)10-13-8-6-5-7-9-13/h5-9,12,14-16,24H,10-11,21H2,1-4H3,(H,22,26)(H,23,25)(H,27,28)/t12-,14+,15+,16+/m1/s1. The van der Waals surface area contributed by atoms with Crippen molar-refractivity contribution in [2.75, 3.05) is 6.61 Å². The van der Waals surface area contributed by atoms with Gasteiger partial charge in [0.25, 0.3) is 0 Å². The number of benzene rings is 1. The highest BCUT2D eigenvalue weighted by Gasteiger charge is 2.34. The van der Waals surface area contributed by atoms with Crippen LogP contribution in [0.4, 0.5) is 0 Å². The van der Waals surface area contributed by atoms with E-state index in [9.17, 15) is 14.4 Å². The third-order valence-corrected chi connectivity index (χ3v) is 4.02. The topological polar surface area (TPSA) is 151 Å². The maximum atomic E-state index is 12.6. The van der Waals surface area contributed by atoms with Crippen molar-refractivity contribution in [1.82, 2.24) is 10.6 Å². The maximum absolute atomic E-state index is 12.6. The van der Waals surface area contributed by atoms with Crippen LogP contribution in [0.2, 0.25) is 0 Å². The van der Waals surface area contributed by atoms with Crippen LogP contribution in [0.3, 0.4) is 0 Å². The van der Waals surface area contributed by atoms with Crippen molar-refractivity contribution >= 4 is 17.8 Å². The molecule has 0 fully saturated rings. The van der Waals surface area contributed by atoms with Crippen molar-refractivity contribution in [2.45, 2.75) is 63.9 Å². The zero-order valence-corrected chi connectivity index (χ0v) is 17.2. The number of amides is 2. The summed E-state index contributed by atoms with van der Waals surface area (Å²) in [6, 6.07) is 5.57. The Morgan fingerprint density at radius 2 is 1.69 bits per heavy atom. The van der Waals surface area contributed by atoms with Gasteiger partial charge < -0.3 is 31.3 Å². The number of aliphatic carboxylic acids is 1. The van der Waals surface area contributed by atoms with Crippen LogP contribution < -0.4 is 16.4 Å². The van der Waals surface area contributed by atoms with Crippen LogP contribution in [-0.4, -0.2) is 64.4 Å². The largest absolute Gasteiger partial charge is 0.480 e. The van der Waals surface area contributed by atoms with E-state index < -0.39 is 54.2 Å². The van der Waals surface area contributed by atoms with E-state index >= 15 is 0 Å². The first kappa shape index (κ1) is 24.5. The quantitative estimate of drug-likeness (QED) is 0.359. The number of nitrogens with two attached hydrogens (primary N) is 1. The Morgan fingerprint density at radius 1 is 1.10 bits per heavy atom. The summed E-state index contributed by atoms with van der Waals surface area (Å²) in [4.78, 5) is 36.3. The number of hydrogen-bond donors (Lipinski definition) is 5. The van der Waals surface area contributed by atoms with Gasteiger partial charge in [-0.15, -0.1) is 0 Å². The minimum atomic E-state index is -1.50. The van der Waals surface area contributed by atoms with Crippen LogP contribution in [0.15, 0.2) is 30.3 Å². The fourth-order valence-corrected chi connectivity index (χ4v) is 2.69. The van der Waals surface area contributed by atoms with Gasteiger partial charge in [-0.2, -0.15) is 0 Å². The summed E-state index contributed by atoms with van der Waals surface area (Å²) in [5.74, 6) is -2.76. The molecule has 29 heavy (non-hydrogen) atoms. The van der Waals surface area contributed by atoms with Gasteiger partial charge in [0.05, 0.1) is 24.4 Å². The summed E-state index contributed by atoms with van der Waals surface area (Å²) in [6.45, 7) is 6.16. The minimum Gasteiger partial charge on any atom is -0.480 e. The highest BCUT2D eigenvalue weighted by molar-refractivity contribution is 5.92. The number of rotatable bonds is 10. The number of carboxylic acid groups (broad SMARTS) is 1. The molecule has 9 nitrogen and oxygen atoms in total. The summed E-state index contributed by atoms with van der Waals surface area (Å²) in [5.41, 5.74) is 6.23. The van der Waals surface area contributed by atoms with E-state index in [0.717, 1.165) is 5.56 Å². The Balaban J connectivity index is 2.93. The Morgan fingerprint density at radius 3 is 2.17 bits per heavy atom. The number of aliphatic hydroxyl groups is 1. The molecule has 0 bridgehead atoms. The minimum absolute atomic E-state index is 0.268. The molecule has 0 unspecified atom stereocenters. The Hall–Kier alpha value is -2.49. The lowest BCUT2D eigenvalue weighted by Gasteiger charge is -2.31. The second-order valence-electron chi connectivity index (χ2n) is 7.80. The second-order valence-corrected chi connectivity index (χ2v) is 7.80. The Bertz CT molecular complexity index is 689. The lowest BCUT2D eigenvalue weighted by Crippen LogP contribution is -2.60. The van der Waals surface area contributed by atoms with Gasteiger partial charge in [0.2, 0.25) is 11.8 Å². The molecule has 0 spiro atoms. The molecule has 2 amide bonds. The first-order valence-electron chi connectivity index (χ1n) is 9.36. The monoisotopic (exact) mass is 409 g/mol. The van der Waals surface area contributed by atoms with E-state index in [1.807, 2.05) is 30.3 Å². The molecule has 0 aliphatic rings. The predicted octanol–water partition coefficient (Wildman–Crippen LogP) is -0.193. The lowest BCUT2D eigenvalue weighted by atomic mass is 10.0. The van der Waals surface area contributed by atoms with E-state index in [1.165, 1.54) is 0 Å².